The number of nitrogens with zero attached hydrogens (tertiary/aromatic N) is 1. The Kier molecular flexibility index (Phi) is 3.93. The predicted octanol–water partition coefficient (Wildman–Crippen LogP) is 5.01. The van der Waals surface area contributed by atoms with Crippen molar-refractivity contribution >= 4 is 23.0 Å². The number of hydrazone groups is 1. The number of hydrogen-bond acceptors (Lipinski definition) is 2. The van der Waals surface area contributed by atoms with Crippen molar-refractivity contribution in [1.29, 1.82) is 0 Å². The normalized spacial score (nSPS) is 15.1. The number of anilines is 1. The molecular formula is C17H16ClFN2. The van der Waals surface area contributed by atoms with E-state index in [1.165, 1.54) is 12.1 Å². The summed E-state index contributed by atoms with van der Waals surface area (Å²) in [6, 6.07) is 12.2. The standard InChI is InChI=1S/C17H16ClFN2/c1-11-10-14(18)6-9-16(11)20-21-17(12-2-3-12)13-4-7-15(19)8-5-13/h4-10,12,20H,2-3H2,1H3. The molecule has 0 saturated heterocycles. The lowest BCUT2D eigenvalue weighted by atomic mass is 10.1. The Balaban J connectivity index is 1.85. The van der Waals surface area contributed by atoms with E-state index in [0.717, 1.165) is 35.4 Å². The summed E-state index contributed by atoms with van der Waals surface area (Å²) < 4.78 is 13.0. The highest BCUT2D eigenvalue weighted by Crippen LogP contribution is 2.33. The van der Waals surface area contributed by atoms with E-state index in [1.54, 1.807) is 12.1 Å². The molecular weight excluding hydrogens is 287 g/mol. The maximum absolute atomic E-state index is 13.0. The minimum Gasteiger partial charge on any atom is -0.278 e. The first-order valence-corrected chi connectivity index (χ1v) is 7.37. The highest BCUT2D eigenvalue weighted by molar-refractivity contribution is 6.30. The van der Waals surface area contributed by atoms with Crippen molar-refractivity contribution in [1.82, 2.24) is 0 Å². The summed E-state index contributed by atoms with van der Waals surface area (Å²) in [5.41, 5.74) is 7.04. The molecule has 1 aliphatic rings. The predicted molar refractivity (Wildman–Crippen MR) is 85.5 cm³/mol. The Morgan fingerprint density at radius 2 is 1.90 bits per heavy atom. The van der Waals surface area contributed by atoms with E-state index in [-0.39, 0.29) is 5.82 Å². The molecule has 2 aromatic carbocycles. The van der Waals surface area contributed by atoms with Crippen LogP contribution >= 0.6 is 11.6 Å². The Morgan fingerprint density at radius 1 is 1.19 bits per heavy atom. The van der Waals surface area contributed by atoms with Crippen molar-refractivity contribution < 1.29 is 4.39 Å². The topological polar surface area (TPSA) is 24.4 Å². The largest absolute Gasteiger partial charge is 0.278 e. The van der Waals surface area contributed by atoms with Gasteiger partial charge in [-0.05, 0) is 61.2 Å². The van der Waals surface area contributed by atoms with E-state index in [0.29, 0.717) is 10.9 Å². The summed E-state index contributed by atoms with van der Waals surface area (Å²) in [5.74, 6) is 0.242. The second-order valence-corrected chi connectivity index (χ2v) is 5.79. The van der Waals surface area contributed by atoms with Gasteiger partial charge in [-0.25, -0.2) is 4.39 Å². The van der Waals surface area contributed by atoms with E-state index in [4.69, 9.17) is 11.6 Å². The first-order chi connectivity index (χ1) is 10.1. The van der Waals surface area contributed by atoms with Gasteiger partial charge < -0.3 is 0 Å². The van der Waals surface area contributed by atoms with Gasteiger partial charge in [0.05, 0.1) is 11.4 Å². The van der Waals surface area contributed by atoms with Crippen molar-refractivity contribution in [3.8, 4) is 0 Å². The zero-order valence-electron chi connectivity index (χ0n) is 11.7. The fourth-order valence-electron chi connectivity index (χ4n) is 2.24. The molecule has 1 aliphatic carbocycles. The highest BCUT2D eigenvalue weighted by atomic mass is 35.5. The third-order valence-electron chi connectivity index (χ3n) is 3.59. The van der Waals surface area contributed by atoms with Crippen molar-refractivity contribution in [2.24, 2.45) is 11.0 Å². The molecule has 21 heavy (non-hydrogen) atoms. The highest BCUT2D eigenvalue weighted by Gasteiger charge is 2.28. The van der Waals surface area contributed by atoms with Crippen molar-refractivity contribution in [3.63, 3.8) is 0 Å². The molecule has 1 fully saturated rings. The summed E-state index contributed by atoms with van der Waals surface area (Å²) in [5, 5.41) is 5.26. The summed E-state index contributed by atoms with van der Waals surface area (Å²) in [6.45, 7) is 1.98. The quantitative estimate of drug-likeness (QED) is 0.623. The van der Waals surface area contributed by atoms with Gasteiger partial charge >= 0.3 is 0 Å². The lowest BCUT2D eigenvalue weighted by molar-refractivity contribution is 0.627. The molecule has 0 aromatic heterocycles. The van der Waals surface area contributed by atoms with Gasteiger partial charge in [0.15, 0.2) is 0 Å². The summed E-state index contributed by atoms with van der Waals surface area (Å²) in [4.78, 5) is 0. The fourth-order valence-corrected chi connectivity index (χ4v) is 2.47. The number of hydrogen-bond donors (Lipinski definition) is 1. The van der Waals surface area contributed by atoms with E-state index in [9.17, 15) is 4.39 Å². The molecule has 0 atom stereocenters. The molecule has 3 rings (SSSR count). The van der Waals surface area contributed by atoms with Crippen LogP contribution in [-0.4, -0.2) is 5.71 Å². The fraction of sp³-hybridized carbons (Fsp3) is 0.235. The number of nitrogens with one attached hydrogen (secondary N) is 1. The minimum absolute atomic E-state index is 0.226. The van der Waals surface area contributed by atoms with Crippen LogP contribution in [0.4, 0.5) is 10.1 Å². The smallest absolute Gasteiger partial charge is 0.123 e. The van der Waals surface area contributed by atoms with Gasteiger partial charge in [-0.3, -0.25) is 5.43 Å². The Hall–Kier alpha value is -1.87. The summed E-state index contributed by atoms with van der Waals surface area (Å²) in [7, 11) is 0. The molecule has 0 unspecified atom stereocenters. The third kappa shape index (κ3) is 3.42. The molecule has 0 amide bonds. The molecule has 0 heterocycles. The Labute approximate surface area is 128 Å². The van der Waals surface area contributed by atoms with Crippen LogP contribution in [0, 0.1) is 18.7 Å². The zero-order chi connectivity index (χ0) is 14.8. The first kappa shape index (κ1) is 14.1. The van der Waals surface area contributed by atoms with E-state index < -0.39 is 0 Å². The van der Waals surface area contributed by atoms with E-state index >= 15 is 0 Å². The Morgan fingerprint density at radius 3 is 2.52 bits per heavy atom. The number of rotatable bonds is 4. The van der Waals surface area contributed by atoms with Crippen LogP contribution < -0.4 is 5.43 Å². The van der Waals surface area contributed by atoms with Crippen LogP contribution in [-0.2, 0) is 0 Å². The molecule has 108 valence electrons. The van der Waals surface area contributed by atoms with Gasteiger partial charge in [-0.2, -0.15) is 5.10 Å². The molecule has 1 saturated carbocycles. The van der Waals surface area contributed by atoms with E-state index in [2.05, 4.69) is 10.5 Å². The van der Waals surface area contributed by atoms with Gasteiger partial charge in [0, 0.05) is 10.9 Å². The molecule has 2 nitrogen and oxygen atoms in total. The van der Waals surface area contributed by atoms with Crippen molar-refractivity contribution in [2.75, 3.05) is 5.43 Å². The lowest BCUT2D eigenvalue weighted by Gasteiger charge is -2.09. The number of aryl methyl sites for hydroxylation is 1. The van der Waals surface area contributed by atoms with Crippen molar-refractivity contribution in [2.45, 2.75) is 19.8 Å². The zero-order valence-corrected chi connectivity index (χ0v) is 12.5. The summed E-state index contributed by atoms with van der Waals surface area (Å²) in [6.07, 6.45) is 2.27. The maximum Gasteiger partial charge on any atom is 0.123 e. The molecule has 1 N–H and O–H groups in total. The molecule has 0 spiro atoms. The van der Waals surface area contributed by atoms with Crippen LogP contribution in [0.3, 0.4) is 0 Å². The van der Waals surface area contributed by atoms with Gasteiger partial charge in [0.2, 0.25) is 0 Å². The number of benzene rings is 2. The van der Waals surface area contributed by atoms with Crippen LogP contribution in [0.25, 0.3) is 0 Å². The van der Waals surface area contributed by atoms with Crippen LogP contribution in [0.5, 0.6) is 0 Å². The van der Waals surface area contributed by atoms with Gasteiger partial charge in [-0.1, -0.05) is 23.7 Å². The molecule has 0 aliphatic heterocycles. The molecule has 2 aromatic rings. The van der Waals surface area contributed by atoms with Gasteiger partial charge in [0.1, 0.15) is 5.82 Å². The molecule has 0 bridgehead atoms. The monoisotopic (exact) mass is 302 g/mol. The molecule has 0 radical (unpaired) electrons. The van der Waals surface area contributed by atoms with E-state index in [1.807, 2.05) is 25.1 Å². The maximum atomic E-state index is 13.0. The van der Waals surface area contributed by atoms with Crippen LogP contribution in [0.15, 0.2) is 47.6 Å². The second-order valence-electron chi connectivity index (χ2n) is 5.35. The first-order valence-electron chi connectivity index (χ1n) is 6.99. The lowest BCUT2D eigenvalue weighted by Crippen LogP contribution is -2.07. The average molecular weight is 303 g/mol. The minimum atomic E-state index is -0.226. The Bertz CT molecular complexity index is 676. The van der Waals surface area contributed by atoms with Gasteiger partial charge in [0.25, 0.3) is 0 Å². The second kappa shape index (κ2) is 5.86. The third-order valence-corrected chi connectivity index (χ3v) is 3.82. The summed E-state index contributed by atoms with van der Waals surface area (Å²) >= 11 is 5.95. The number of halogens is 2. The van der Waals surface area contributed by atoms with Crippen LogP contribution in [0.1, 0.15) is 24.0 Å². The average Bonchev–Trinajstić information content (AvgIpc) is 3.28. The SMILES string of the molecule is Cc1cc(Cl)ccc1NN=C(c1ccc(F)cc1)C1CC1. The molecule has 4 heteroatoms. The van der Waals surface area contributed by atoms with Gasteiger partial charge in [-0.15, -0.1) is 0 Å². The van der Waals surface area contributed by atoms with Crippen LogP contribution in [0.2, 0.25) is 5.02 Å². The van der Waals surface area contributed by atoms with Crippen molar-refractivity contribution in [3.05, 3.63) is 64.4 Å².